The van der Waals surface area contributed by atoms with Crippen molar-refractivity contribution >= 4 is 5.97 Å². The first-order valence-corrected chi connectivity index (χ1v) is 5.36. The summed E-state index contributed by atoms with van der Waals surface area (Å²) in [5.74, 6) is -0.0186. The molecule has 0 atom stereocenters. The lowest BCUT2D eigenvalue weighted by molar-refractivity contribution is -0.135. The average molecular weight is 223 g/mol. The smallest absolute Gasteiger partial charge is 0.317 e. The normalized spacial score (nSPS) is 10.1. The van der Waals surface area contributed by atoms with E-state index < -0.39 is 5.97 Å². The molecule has 1 rings (SSSR count). The highest BCUT2D eigenvalue weighted by molar-refractivity contribution is 5.68. The Labute approximate surface area is 95.2 Å². The van der Waals surface area contributed by atoms with E-state index in [-0.39, 0.29) is 6.54 Å². The highest BCUT2D eigenvalue weighted by Gasteiger charge is 1.98. The average Bonchev–Trinajstić information content (AvgIpc) is 2.26. The predicted molar refractivity (Wildman–Crippen MR) is 61.6 cm³/mol. The van der Waals surface area contributed by atoms with E-state index in [0.29, 0.717) is 13.2 Å². The molecule has 0 saturated carbocycles. The van der Waals surface area contributed by atoms with Crippen molar-refractivity contribution in [1.29, 1.82) is 0 Å². The highest BCUT2D eigenvalue weighted by Crippen LogP contribution is 2.13. The summed E-state index contributed by atoms with van der Waals surface area (Å²) in [5.41, 5.74) is 1.02. The third kappa shape index (κ3) is 4.79. The van der Waals surface area contributed by atoms with Gasteiger partial charge in [0.1, 0.15) is 5.75 Å². The second-order valence-corrected chi connectivity index (χ2v) is 3.49. The first kappa shape index (κ1) is 12.5. The zero-order chi connectivity index (χ0) is 11.8. The Bertz CT molecular complexity index is 339. The molecule has 16 heavy (non-hydrogen) atoms. The summed E-state index contributed by atoms with van der Waals surface area (Å²) >= 11 is 0. The Hall–Kier alpha value is -1.55. The molecule has 0 aliphatic rings. The van der Waals surface area contributed by atoms with Crippen LogP contribution in [0.2, 0.25) is 0 Å². The van der Waals surface area contributed by atoms with Gasteiger partial charge in [0.2, 0.25) is 0 Å². The van der Waals surface area contributed by atoms with Gasteiger partial charge in [0.15, 0.2) is 0 Å². The number of ether oxygens (including phenoxy) is 1. The number of benzene rings is 1. The molecule has 1 aromatic rings. The third-order valence-electron chi connectivity index (χ3n) is 1.98. The Morgan fingerprint density at radius 1 is 1.50 bits per heavy atom. The number of carboxylic acid groups (broad SMARTS) is 1. The SMILES string of the molecule is CCCOc1cccc(CNCC(=O)O)c1. The summed E-state index contributed by atoms with van der Waals surface area (Å²) in [6, 6.07) is 7.66. The summed E-state index contributed by atoms with van der Waals surface area (Å²) < 4.78 is 5.48. The fourth-order valence-electron chi connectivity index (χ4n) is 1.28. The number of carboxylic acids is 1. The van der Waals surface area contributed by atoms with Gasteiger partial charge in [-0.05, 0) is 24.1 Å². The molecule has 4 heteroatoms. The van der Waals surface area contributed by atoms with Crippen LogP contribution in [0, 0.1) is 0 Å². The summed E-state index contributed by atoms with van der Waals surface area (Å²) in [7, 11) is 0. The van der Waals surface area contributed by atoms with Crippen LogP contribution in [0.3, 0.4) is 0 Å². The minimum absolute atomic E-state index is 0.0277. The fraction of sp³-hybridized carbons (Fsp3) is 0.417. The monoisotopic (exact) mass is 223 g/mol. The predicted octanol–water partition coefficient (Wildman–Crippen LogP) is 1.65. The minimum Gasteiger partial charge on any atom is -0.494 e. The van der Waals surface area contributed by atoms with Crippen molar-refractivity contribution in [2.75, 3.05) is 13.2 Å². The zero-order valence-electron chi connectivity index (χ0n) is 9.40. The van der Waals surface area contributed by atoms with Gasteiger partial charge in [0.25, 0.3) is 0 Å². The zero-order valence-corrected chi connectivity index (χ0v) is 9.40. The third-order valence-corrected chi connectivity index (χ3v) is 1.98. The number of carbonyl (C=O) groups is 1. The van der Waals surface area contributed by atoms with E-state index in [2.05, 4.69) is 12.2 Å². The Kier molecular flexibility index (Phi) is 5.36. The van der Waals surface area contributed by atoms with E-state index in [1.807, 2.05) is 24.3 Å². The molecule has 0 aliphatic heterocycles. The van der Waals surface area contributed by atoms with Crippen molar-refractivity contribution in [1.82, 2.24) is 5.32 Å². The van der Waals surface area contributed by atoms with Gasteiger partial charge in [-0.2, -0.15) is 0 Å². The molecule has 4 nitrogen and oxygen atoms in total. The van der Waals surface area contributed by atoms with Gasteiger partial charge in [-0.25, -0.2) is 0 Å². The standard InChI is InChI=1S/C12H17NO3/c1-2-6-16-11-5-3-4-10(7-11)8-13-9-12(14)15/h3-5,7,13H,2,6,8-9H2,1H3,(H,14,15). The van der Waals surface area contributed by atoms with Crippen LogP contribution in [-0.2, 0) is 11.3 Å². The van der Waals surface area contributed by atoms with Crippen LogP contribution in [0.1, 0.15) is 18.9 Å². The summed E-state index contributed by atoms with van der Waals surface area (Å²) in [5, 5.41) is 11.3. The lowest BCUT2D eigenvalue weighted by Crippen LogP contribution is -2.21. The van der Waals surface area contributed by atoms with Gasteiger partial charge in [-0.1, -0.05) is 19.1 Å². The molecule has 2 N–H and O–H groups in total. The number of hydrogen-bond donors (Lipinski definition) is 2. The van der Waals surface area contributed by atoms with E-state index in [0.717, 1.165) is 17.7 Å². The lowest BCUT2D eigenvalue weighted by atomic mass is 10.2. The Morgan fingerprint density at radius 3 is 3.00 bits per heavy atom. The van der Waals surface area contributed by atoms with Gasteiger partial charge < -0.3 is 15.2 Å². The molecular weight excluding hydrogens is 206 g/mol. The first-order chi connectivity index (χ1) is 7.72. The quantitative estimate of drug-likeness (QED) is 0.738. The van der Waals surface area contributed by atoms with Crippen molar-refractivity contribution in [2.24, 2.45) is 0 Å². The van der Waals surface area contributed by atoms with Gasteiger partial charge >= 0.3 is 5.97 Å². The molecule has 0 unspecified atom stereocenters. The minimum atomic E-state index is -0.849. The molecule has 0 aromatic heterocycles. The van der Waals surface area contributed by atoms with Crippen LogP contribution in [-0.4, -0.2) is 24.2 Å². The number of nitrogens with one attached hydrogen (secondary N) is 1. The second-order valence-electron chi connectivity index (χ2n) is 3.49. The second kappa shape index (κ2) is 6.85. The number of aliphatic carboxylic acids is 1. The maximum atomic E-state index is 10.3. The van der Waals surface area contributed by atoms with Crippen LogP contribution >= 0.6 is 0 Å². The number of rotatable bonds is 7. The van der Waals surface area contributed by atoms with Gasteiger partial charge in [-0.3, -0.25) is 4.79 Å². The summed E-state index contributed by atoms with van der Waals surface area (Å²) in [4.78, 5) is 10.3. The Balaban J connectivity index is 2.43. The molecule has 0 saturated heterocycles. The van der Waals surface area contributed by atoms with E-state index in [1.54, 1.807) is 0 Å². The van der Waals surface area contributed by atoms with E-state index >= 15 is 0 Å². The molecule has 0 heterocycles. The topological polar surface area (TPSA) is 58.6 Å². The van der Waals surface area contributed by atoms with Crippen molar-refractivity contribution in [3.05, 3.63) is 29.8 Å². The molecule has 0 aliphatic carbocycles. The van der Waals surface area contributed by atoms with Crippen LogP contribution in [0.15, 0.2) is 24.3 Å². The van der Waals surface area contributed by atoms with Gasteiger partial charge in [0, 0.05) is 6.54 Å². The van der Waals surface area contributed by atoms with Crippen molar-refractivity contribution in [2.45, 2.75) is 19.9 Å². The van der Waals surface area contributed by atoms with E-state index in [1.165, 1.54) is 0 Å². The molecule has 0 radical (unpaired) electrons. The van der Waals surface area contributed by atoms with Crippen molar-refractivity contribution in [3.8, 4) is 5.75 Å². The molecule has 88 valence electrons. The van der Waals surface area contributed by atoms with Crippen LogP contribution < -0.4 is 10.1 Å². The van der Waals surface area contributed by atoms with E-state index in [9.17, 15) is 4.79 Å². The molecule has 0 fully saturated rings. The maximum Gasteiger partial charge on any atom is 0.317 e. The van der Waals surface area contributed by atoms with Crippen molar-refractivity contribution < 1.29 is 14.6 Å². The molecule has 0 spiro atoms. The number of hydrogen-bond acceptors (Lipinski definition) is 3. The molecule has 1 aromatic carbocycles. The van der Waals surface area contributed by atoms with Crippen LogP contribution in [0.25, 0.3) is 0 Å². The molecular formula is C12H17NO3. The largest absolute Gasteiger partial charge is 0.494 e. The van der Waals surface area contributed by atoms with Gasteiger partial charge in [-0.15, -0.1) is 0 Å². The molecule has 0 bridgehead atoms. The summed E-state index contributed by atoms with van der Waals surface area (Å²) in [6.45, 7) is 3.26. The van der Waals surface area contributed by atoms with Crippen LogP contribution in [0.5, 0.6) is 5.75 Å². The van der Waals surface area contributed by atoms with E-state index in [4.69, 9.17) is 9.84 Å². The Morgan fingerprint density at radius 2 is 2.31 bits per heavy atom. The summed E-state index contributed by atoms with van der Waals surface area (Å²) in [6.07, 6.45) is 0.974. The molecule has 0 amide bonds. The maximum absolute atomic E-state index is 10.3. The fourth-order valence-corrected chi connectivity index (χ4v) is 1.28. The highest BCUT2D eigenvalue weighted by atomic mass is 16.5. The van der Waals surface area contributed by atoms with Crippen LogP contribution in [0.4, 0.5) is 0 Å². The lowest BCUT2D eigenvalue weighted by Gasteiger charge is -2.07. The first-order valence-electron chi connectivity index (χ1n) is 5.36. The van der Waals surface area contributed by atoms with Crippen molar-refractivity contribution in [3.63, 3.8) is 0 Å². The van der Waals surface area contributed by atoms with Gasteiger partial charge in [0.05, 0.1) is 13.2 Å².